The molecule has 0 aliphatic heterocycles. The van der Waals surface area contributed by atoms with Crippen molar-refractivity contribution in [1.82, 2.24) is 10.2 Å². The lowest BCUT2D eigenvalue weighted by Crippen LogP contribution is -2.53. The van der Waals surface area contributed by atoms with Gasteiger partial charge in [-0.05, 0) is 42.8 Å². The van der Waals surface area contributed by atoms with E-state index < -0.39 is 40.2 Å². The van der Waals surface area contributed by atoms with Gasteiger partial charge in [0.25, 0.3) is 10.0 Å². The largest absolute Gasteiger partial charge is 0.493 e. The average Bonchev–Trinajstić information content (AvgIpc) is 3.06. The third kappa shape index (κ3) is 7.98. The molecule has 4 aromatic rings. The molecule has 1 atom stereocenters. The first-order chi connectivity index (χ1) is 21.7. The maximum absolute atomic E-state index is 15.0. The predicted octanol–water partition coefficient (Wildman–Crippen LogP) is 4.81. The van der Waals surface area contributed by atoms with Gasteiger partial charge in [-0.3, -0.25) is 13.9 Å². The van der Waals surface area contributed by atoms with Crippen LogP contribution in [0.4, 0.5) is 10.1 Å². The van der Waals surface area contributed by atoms with E-state index in [-0.39, 0.29) is 34.9 Å². The van der Waals surface area contributed by atoms with Crippen LogP contribution in [0.1, 0.15) is 18.1 Å². The molecule has 4 rings (SSSR count). The minimum atomic E-state index is -4.31. The number of amides is 2. The maximum atomic E-state index is 15.0. The zero-order chi connectivity index (χ0) is 32.4. The number of hydrogen-bond acceptors (Lipinski definition) is 6. The van der Waals surface area contributed by atoms with Gasteiger partial charge in [0.2, 0.25) is 11.8 Å². The molecule has 236 valence electrons. The highest BCUT2D eigenvalue weighted by molar-refractivity contribution is 7.92. The fourth-order valence-electron chi connectivity index (χ4n) is 4.88. The second-order valence-electron chi connectivity index (χ2n) is 10.1. The van der Waals surface area contributed by atoms with Gasteiger partial charge in [0.15, 0.2) is 11.5 Å². The van der Waals surface area contributed by atoms with Crippen LogP contribution in [0.2, 0.25) is 0 Å². The Bertz CT molecular complexity index is 1700. The molecule has 4 aromatic carbocycles. The third-order valence-electron chi connectivity index (χ3n) is 7.19. The molecule has 0 heterocycles. The second kappa shape index (κ2) is 15.2. The zero-order valence-corrected chi connectivity index (χ0v) is 26.2. The number of anilines is 1. The lowest BCUT2D eigenvalue weighted by atomic mass is 10.0. The van der Waals surface area contributed by atoms with Crippen LogP contribution in [0.25, 0.3) is 0 Å². The van der Waals surface area contributed by atoms with Gasteiger partial charge in [-0.2, -0.15) is 0 Å². The van der Waals surface area contributed by atoms with Crippen LogP contribution < -0.4 is 19.1 Å². The fraction of sp³-hybridized carbons (Fsp3) is 0.235. The maximum Gasteiger partial charge on any atom is 0.264 e. The van der Waals surface area contributed by atoms with E-state index in [9.17, 15) is 22.4 Å². The van der Waals surface area contributed by atoms with E-state index in [1.54, 1.807) is 31.2 Å². The van der Waals surface area contributed by atoms with E-state index in [0.717, 1.165) is 9.87 Å². The van der Waals surface area contributed by atoms with Crippen LogP contribution in [0, 0.1) is 5.82 Å². The Morgan fingerprint density at radius 2 is 1.47 bits per heavy atom. The van der Waals surface area contributed by atoms with Gasteiger partial charge >= 0.3 is 0 Å². The minimum absolute atomic E-state index is 0.0437. The summed E-state index contributed by atoms with van der Waals surface area (Å²) in [5.74, 6) is -1.10. The Morgan fingerprint density at radius 1 is 0.844 bits per heavy atom. The van der Waals surface area contributed by atoms with Crippen molar-refractivity contribution < 1.29 is 31.9 Å². The van der Waals surface area contributed by atoms with E-state index in [4.69, 9.17) is 9.47 Å². The molecule has 0 bridgehead atoms. The molecule has 11 heteroatoms. The normalized spacial score (nSPS) is 11.7. The Kier molecular flexibility index (Phi) is 11.2. The lowest BCUT2D eigenvalue weighted by molar-refractivity contribution is -0.140. The Morgan fingerprint density at radius 3 is 2.09 bits per heavy atom. The number of sulfonamides is 1. The van der Waals surface area contributed by atoms with Crippen molar-refractivity contribution in [2.45, 2.75) is 30.8 Å². The summed E-state index contributed by atoms with van der Waals surface area (Å²) in [5, 5.41) is 2.78. The van der Waals surface area contributed by atoms with Gasteiger partial charge in [-0.25, -0.2) is 12.8 Å². The topological polar surface area (TPSA) is 105 Å². The molecule has 0 spiro atoms. The highest BCUT2D eigenvalue weighted by Crippen LogP contribution is 2.34. The summed E-state index contributed by atoms with van der Waals surface area (Å²) < 4.78 is 54.9. The molecule has 0 saturated heterocycles. The smallest absolute Gasteiger partial charge is 0.264 e. The number of halogens is 1. The number of carbonyl (C=O) groups excluding carboxylic acids is 2. The highest BCUT2D eigenvalue weighted by Gasteiger charge is 2.35. The molecule has 0 unspecified atom stereocenters. The van der Waals surface area contributed by atoms with Crippen LogP contribution in [-0.4, -0.2) is 58.5 Å². The fourth-order valence-corrected chi connectivity index (χ4v) is 6.31. The van der Waals surface area contributed by atoms with E-state index in [1.807, 2.05) is 30.3 Å². The second-order valence-corrected chi connectivity index (χ2v) is 11.9. The van der Waals surface area contributed by atoms with E-state index in [2.05, 4.69) is 5.32 Å². The summed E-state index contributed by atoms with van der Waals surface area (Å²) in [6, 6.07) is 26.2. The van der Waals surface area contributed by atoms with Gasteiger partial charge in [0, 0.05) is 31.1 Å². The summed E-state index contributed by atoms with van der Waals surface area (Å²) in [4.78, 5) is 29.1. The lowest BCUT2D eigenvalue weighted by Gasteiger charge is -2.34. The van der Waals surface area contributed by atoms with Crippen LogP contribution >= 0.6 is 0 Å². The number of carbonyl (C=O) groups is 2. The van der Waals surface area contributed by atoms with Gasteiger partial charge in [-0.15, -0.1) is 0 Å². The minimum Gasteiger partial charge on any atom is -0.493 e. The molecular weight excluding hydrogens is 597 g/mol. The number of likely N-dealkylation sites (N-methyl/N-ethyl adjacent to an activating group) is 1. The summed E-state index contributed by atoms with van der Waals surface area (Å²) in [6.45, 7) is 1.09. The molecule has 0 radical (unpaired) electrons. The van der Waals surface area contributed by atoms with E-state index in [0.29, 0.717) is 12.3 Å². The van der Waals surface area contributed by atoms with Crippen molar-refractivity contribution in [2.24, 2.45) is 0 Å². The van der Waals surface area contributed by atoms with Crippen LogP contribution in [0.15, 0.2) is 108 Å². The Balaban J connectivity index is 1.83. The SMILES string of the molecule is CCNC(=O)[C@@H](Cc1ccccc1)N(Cc1ccccc1F)C(=O)CN(c1ccc(OC)c(OC)c1)S(=O)(=O)c1ccccc1. The zero-order valence-electron chi connectivity index (χ0n) is 25.4. The molecule has 0 fully saturated rings. The molecule has 0 aliphatic carbocycles. The highest BCUT2D eigenvalue weighted by atomic mass is 32.2. The Labute approximate surface area is 263 Å². The summed E-state index contributed by atoms with van der Waals surface area (Å²) in [7, 11) is -1.44. The Hall–Kier alpha value is -4.90. The number of nitrogens with one attached hydrogen (secondary N) is 1. The van der Waals surface area contributed by atoms with Gasteiger partial charge in [-0.1, -0.05) is 66.7 Å². The summed E-state index contributed by atoms with van der Waals surface area (Å²) in [5.41, 5.74) is 1.08. The number of benzene rings is 4. The summed E-state index contributed by atoms with van der Waals surface area (Å²) in [6.07, 6.45) is 0.120. The van der Waals surface area contributed by atoms with Gasteiger partial charge in [0.05, 0.1) is 24.8 Å². The van der Waals surface area contributed by atoms with E-state index in [1.165, 1.54) is 67.7 Å². The quantitative estimate of drug-likeness (QED) is 0.214. The molecule has 0 aromatic heterocycles. The van der Waals surface area contributed by atoms with Crippen molar-refractivity contribution in [3.63, 3.8) is 0 Å². The van der Waals surface area contributed by atoms with Crippen LogP contribution in [0.3, 0.4) is 0 Å². The molecule has 1 N–H and O–H groups in total. The number of ether oxygens (including phenoxy) is 2. The predicted molar refractivity (Wildman–Crippen MR) is 170 cm³/mol. The molecular formula is C34H36FN3O6S. The first-order valence-corrected chi connectivity index (χ1v) is 15.8. The first-order valence-electron chi connectivity index (χ1n) is 14.3. The van der Waals surface area contributed by atoms with Crippen molar-refractivity contribution in [3.05, 3.63) is 120 Å². The average molecular weight is 634 g/mol. The molecule has 0 saturated carbocycles. The molecule has 45 heavy (non-hydrogen) atoms. The number of methoxy groups -OCH3 is 2. The molecule has 9 nitrogen and oxygen atoms in total. The van der Waals surface area contributed by atoms with E-state index >= 15 is 0 Å². The monoisotopic (exact) mass is 633 g/mol. The van der Waals surface area contributed by atoms with Crippen molar-refractivity contribution in [1.29, 1.82) is 0 Å². The molecule has 0 aliphatic rings. The van der Waals surface area contributed by atoms with Gasteiger partial charge < -0.3 is 19.7 Å². The standard InChI is InChI=1S/C34H36FN3O6S/c1-4-36-34(40)30(21-25-13-7-5-8-14-25)37(23-26-15-11-12-18-29(26)35)33(39)24-38(45(41,42)28-16-9-6-10-17-28)27-19-20-31(43-2)32(22-27)44-3/h5-20,22,30H,4,21,23-24H2,1-3H3,(H,36,40)/t30-/m1/s1. The summed E-state index contributed by atoms with van der Waals surface area (Å²) >= 11 is 0. The van der Waals surface area contributed by atoms with Crippen LogP contribution in [0.5, 0.6) is 11.5 Å². The van der Waals surface area contributed by atoms with Crippen LogP contribution in [-0.2, 0) is 32.6 Å². The molecule has 2 amide bonds. The number of hydrogen-bond donors (Lipinski definition) is 1. The third-order valence-corrected chi connectivity index (χ3v) is 8.97. The first kappa shape index (κ1) is 33.0. The van der Waals surface area contributed by atoms with Gasteiger partial charge in [0.1, 0.15) is 18.4 Å². The van der Waals surface area contributed by atoms with Crippen molar-refractivity contribution in [2.75, 3.05) is 31.6 Å². The number of nitrogens with zero attached hydrogens (tertiary/aromatic N) is 2. The van der Waals surface area contributed by atoms with Crippen molar-refractivity contribution in [3.8, 4) is 11.5 Å². The number of rotatable bonds is 14. The van der Waals surface area contributed by atoms with Crippen molar-refractivity contribution >= 4 is 27.5 Å².